The lowest BCUT2D eigenvalue weighted by Gasteiger charge is -2.37. The van der Waals surface area contributed by atoms with Crippen molar-refractivity contribution in [2.75, 3.05) is 0 Å². The number of carbonyl (C=O) groups is 2. The smallest absolute Gasteiger partial charge is 0.337 e. The molecule has 3 atom stereocenters. The van der Waals surface area contributed by atoms with Gasteiger partial charge in [0, 0.05) is 29.3 Å². The van der Waals surface area contributed by atoms with Crippen LogP contribution in [0.1, 0.15) is 63.0 Å². The minimum Gasteiger partial charge on any atom is -0.508 e. The second-order valence-electron chi connectivity index (χ2n) is 8.64. The van der Waals surface area contributed by atoms with Gasteiger partial charge in [-0.1, -0.05) is 49.4 Å². The fraction of sp³-hybridized carbons (Fsp3) is 0.333. The second-order valence-corrected chi connectivity index (χ2v) is 8.64. The van der Waals surface area contributed by atoms with Gasteiger partial charge < -0.3 is 15.2 Å². The zero-order chi connectivity index (χ0) is 22.8. The van der Waals surface area contributed by atoms with Crippen molar-refractivity contribution in [3.05, 3.63) is 88.3 Å². The van der Waals surface area contributed by atoms with Gasteiger partial charge in [-0.2, -0.15) is 0 Å². The van der Waals surface area contributed by atoms with Crippen LogP contribution in [-0.4, -0.2) is 23.0 Å². The van der Waals surface area contributed by atoms with E-state index in [0.717, 1.165) is 16.8 Å². The molecular weight excluding hydrogens is 402 g/mol. The van der Waals surface area contributed by atoms with E-state index in [0.29, 0.717) is 36.1 Å². The Morgan fingerprint density at radius 1 is 1.09 bits per heavy atom. The average Bonchev–Trinajstić information content (AvgIpc) is 2.79. The molecule has 0 saturated heterocycles. The summed E-state index contributed by atoms with van der Waals surface area (Å²) >= 11 is 0. The minimum atomic E-state index is -0.521. The van der Waals surface area contributed by atoms with Gasteiger partial charge in [0.2, 0.25) is 0 Å². The second kappa shape index (κ2) is 9.03. The van der Waals surface area contributed by atoms with E-state index in [9.17, 15) is 14.7 Å². The molecule has 0 radical (unpaired) electrons. The predicted octanol–water partition coefficient (Wildman–Crippen LogP) is 5.10. The van der Waals surface area contributed by atoms with Crippen molar-refractivity contribution in [1.29, 1.82) is 0 Å². The number of allylic oxidation sites excluding steroid dienone is 3. The van der Waals surface area contributed by atoms with Crippen LogP contribution in [0.5, 0.6) is 5.75 Å². The maximum atomic E-state index is 13.5. The van der Waals surface area contributed by atoms with Crippen LogP contribution in [0.3, 0.4) is 0 Å². The number of phenols is 1. The van der Waals surface area contributed by atoms with Crippen LogP contribution < -0.4 is 5.32 Å². The summed E-state index contributed by atoms with van der Waals surface area (Å²) in [5.74, 6) is -0.663. The highest BCUT2D eigenvalue weighted by atomic mass is 16.5. The van der Waals surface area contributed by atoms with Gasteiger partial charge >= 0.3 is 5.97 Å². The van der Waals surface area contributed by atoms with E-state index < -0.39 is 11.9 Å². The molecule has 4 rings (SSSR count). The summed E-state index contributed by atoms with van der Waals surface area (Å²) in [4.78, 5) is 26.7. The third-order valence-electron chi connectivity index (χ3n) is 6.43. The first-order valence-corrected chi connectivity index (χ1v) is 11.2. The maximum Gasteiger partial charge on any atom is 0.337 e. The van der Waals surface area contributed by atoms with E-state index in [4.69, 9.17) is 4.74 Å². The van der Waals surface area contributed by atoms with E-state index in [-0.39, 0.29) is 23.6 Å². The zero-order valence-corrected chi connectivity index (χ0v) is 18.7. The van der Waals surface area contributed by atoms with Crippen LogP contribution in [0.25, 0.3) is 0 Å². The lowest BCUT2D eigenvalue weighted by Crippen LogP contribution is -2.36. The van der Waals surface area contributed by atoms with Crippen LogP contribution in [0.15, 0.2) is 77.1 Å². The highest BCUT2D eigenvalue weighted by molar-refractivity contribution is 6.04. The number of carbonyl (C=O) groups excluding carboxylic acids is 2. The standard InChI is InChI=1S/C27H29NO4/c1-4-16(2)32-27(31)24-17(3)28-22-14-20(18-8-6-5-7-9-18)15-23(30)26(22)25(24)19-10-12-21(29)13-11-19/h5-13,16,20,25,28-29H,4,14-15H2,1-3H3/t16-,20-,25+/m1/s1. The Labute approximate surface area is 188 Å². The number of ether oxygens (including phenoxy) is 1. The lowest BCUT2D eigenvalue weighted by molar-refractivity contribution is -0.144. The van der Waals surface area contributed by atoms with E-state index in [1.54, 1.807) is 24.3 Å². The van der Waals surface area contributed by atoms with Crippen LogP contribution in [0, 0.1) is 0 Å². The molecule has 32 heavy (non-hydrogen) atoms. The molecule has 0 fully saturated rings. The number of hydrogen-bond acceptors (Lipinski definition) is 5. The van der Waals surface area contributed by atoms with Crippen molar-refractivity contribution in [2.24, 2.45) is 0 Å². The molecule has 5 heteroatoms. The minimum absolute atomic E-state index is 0.0343. The monoisotopic (exact) mass is 431 g/mol. The number of hydrogen-bond donors (Lipinski definition) is 2. The Balaban J connectivity index is 1.78. The number of Topliss-reactive ketones (excluding diaryl/α,β-unsaturated/α-hetero) is 1. The zero-order valence-electron chi connectivity index (χ0n) is 18.7. The predicted molar refractivity (Wildman–Crippen MR) is 123 cm³/mol. The summed E-state index contributed by atoms with van der Waals surface area (Å²) in [5, 5.41) is 13.2. The number of dihydropyridines is 1. The number of phenolic OH excluding ortho intramolecular Hbond substituents is 1. The SMILES string of the molecule is CC[C@@H](C)OC(=O)C1=C(C)NC2=C(C(=O)C[C@H](c3ccccc3)C2)[C@H]1c1ccc(O)cc1. The quantitative estimate of drug-likeness (QED) is 0.645. The molecule has 5 nitrogen and oxygen atoms in total. The Morgan fingerprint density at radius 2 is 1.78 bits per heavy atom. The van der Waals surface area contributed by atoms with Crippen molar-refractivity contribution >= 4 is 11.8 Å². The molecule has 0 aromatic heterocycles. The topological polar surface area (TPSA) is 75.6 Å². The number of esters is 1. The van der Waals surface area contributed by atoms with Crippen LogP contribution in [0.4, 0.5) is 0 Å². The molecule has 2 aliphatic rings. The van der Waals surface area contributed by atoms with Crippen LogP contribution in [-0.2, 0) is 14.3 Å². The summed E-state index contributed by atoms with van der Waals surface area (Å²) < 4.78 is 5.67. The van der Waals surface area contributed by atoms with Crippen molar-refractivity contribution in [3.8, 4) is 5.75 Å². The van der Waals surface area contributed by atoms with Gasteiger partial charge in [0.1, 0.15) is 5.75 Å². The number of rotatable bonds is 5. The number of nitrogens with one attached hydrogen (secondary N) is 1. The van der Waals surface area contributed by atoms with Gasteiger partial charge in [-0.15, -0.1) is 0 Å². The van der Waals surface area contributed by atoms with Crippen molar-refractivity contribution < 1.29 is 19.4 Å². The molecule has 1 aliphatic carbocycles. The summed E-state index contributed by atoms with van der Waals surface area (Å²) in [6, 6.07) is 16.8. The highest BCUT2D eigenvalue weighted by Crippen LogP contribution is 2.45. The molecule has 0 amide bonds. The Hall–Kier alpha value is -3.34. The fourth-order valence-electron chi connectivity index (χ4n) is 4.60. The third-order valence-corrected chi connectivity index (χ3v) is 6.43. The van der Waals surface area contributed by atoms with E-state index in [1.165, 1.54) is 0 Å². The van der Waals surface area contributed by atoms with Gasteiger partial charge in [-0.3, -0.25) is 4.79 Å². The Kier molecular flexibility index (Phi) is 6.17. The van der Waals surface area contributed by atoms with E-state index in [1.807, 2.05) is 39.0 Å². The van der Waals surface area contributed by atoms with Gasteiger partial charge in [0.05, 0.1) is 11.7 Å². The largest absolute Gasteiger partial charge is 0.508 e. The third kappa shape index (κ3) is 4.20. The molecule has 166 valence electrons. The summed E-state index contributed by atoms with van der Waals surface area (Å²) in [5.41, 5.74) is 4.59. The Bertz CT molecular complexity index is 1080. The fourth-order valence-corrected chi connectivity index (χ4v) is 4.60. The van der Waals surface area contributed by atoms with Gasteiger partial charge in [-0.25, -0.2) is 4.79 Å². The molecule has 0 saturated carbocycles. The van der Waals surface area contributed by atoms with Gasteiger partial charge in [0.15, 0.2) is 5.78 Å². The van der Waals surface area contributed by atoms with Crippen molar-refractivity contribution in [3.63, 3.8) is 0 Å². The first-order chi connectivity index (χ1) is 15.4. The van der Waals surface area contributed by atoms with Crippen LogP contribution >= 0.6 is 0 Å². The molecule has 1 aliphatic heterocycles. The van der Waals surface area contributed by atoms with Gasteiger partial charge in [0.25, 0.3) is 0 Å². The first kappa shape index (κ1) is 21.9. The molecule has 2 aromatic carbocycles. The molecular formula is C27H29NO4. The molecule has 2 N–H and O–H groups in total. The lowest BCUT2D eigenvalue weighted by atomic mass is 9.71. The molecule has 0 spiro atoms. The highest BCUT2D eigenvalue weighted by Gasteiger charge is 2.41. The number of aromatic hydroxyl groups is 1. The molecule has 0 unspecified atom stereocenters. The number of benzene rings is 2. The summed E-state index contributed by atoms with van der Waals surface area (Å²) in [7, 11) is 0. The maximum absolute atomic E-state index is 13.5. The summed E-state index contributed by atoms with van der Waals surface area (Å²) in [6.07, 6.45) is 1.58. The molecule has 2 aromatic rings. The van der Waals surface area contributed by atoms with Gasteiger partial charge in [-0.05, 0) is 55.9 Å². The average molecular weight is 432 g/mol. The molecule has 1 heterocycles. The number of ketones is 1. The van der Waals surface area contributed by atoms with Crippen molar-refractivity contribution in [2.45, 2.75) is 58.0 Å². The summed E-state index contributed by atoms with van der Waals surface area (Å²) in [6.45, 7) is 5.69. The first-order valence-electron chi connectivity index (χ1n) is 11.2. The van der Waals surface area contributed by atoms with E-state index in [2.05, 4.69) is 17.4 Å². The van der Waals surface area contributed by atoms with Crippen LogP contribution in [0.2, 0.25) is 0 Å². The van der Waals surface area contributed by atoms with E-state index >= 15 is 0 Å². The normalized spacial score (nSPS) is 21.7. The molecule has 0 bridgehead atoms. The van der Waals surface area contributed by atoms with Crippen molar-refractivity contribution in [1.82, 2.24) is 5.32 Å². The Morgan fingerprint density at radius 3 is 2.44 bits per heavy atom.